The number of phenolic OH excluding ortho intramolecular Hbond substituents is 2. The number of allylic oxidation sites excluding steroid dienone is 4. The predicted molar refractivity (Wildman–Crippen MR) is 258 cm³/mol. The quantitative estimate of drug-likeness (QED) is 0.0854. The molecule has 71 heavy (non-hydrogen) atoms. The fraction of sp³-hybridized carbons (Fsp3) is 0.627. The predicted octanol–water partition coefficient (Wildman–Crippen LogP) is 5.60. The molecule has 2 bridgehead atoms. The van der Waals surface area contributed by atoms with Gasteiger partial charge in [-0.2, -0.15) is 0 Å². The van der Waals surface area contributed by atoms with Gasteiger partial charge in [0.1, 0.15) is 41.1 Å². The second-order valence-corrected chi connectivity index (χ2v) is 20.0. The van der Waals surface area contributed by atoms with Crippen molar-refractivity contribution in [3.63, 3.8) is 0 Å². The van der Waals surface area contributed by atoms with Gasteiger partial charge < -0.3 is 73.6 Å². The Balaban J connectivity index is 1.41. The van der Waals surface area contributed by atoms with Crippen LogP contribution in [0.15, 0.2) is 58.7 Å². The third-order valence-electron chi connectivity index (χ3n) is 13.4. The van der Waals surface area contributed by atoms with Crippen molar-refractivity contribution in [2.45, 2.75) is 180 Å². The van der Waals surface area contributed by atoms with Crippen LogP contribution in [0.4, 0.5) is 0 Å². The number of benzene rings is 1. The molecule has 20 heteroatoms. The number of aliphatic hydroxyl groups is 5. The zero-order valence-electron chi connectivity index (χ0n) is 41.7. The van der Waals surface area contributed by atoms with Gasteiger partial charge in [0.2, 0.25) is 0 Å². The zero-order chi connectivity index (χ0) is 52.8. The van der Waals surface area contributed by atoms with Gasteiger partial charge in [-0.05, 0) is 90.0 Å². The highest BCUT2D eigenvalue weighted by molar-refractivity contribution is 6.39. The number of cyclic esters (lactones) is 1. The number of rotatable bonds is 10. The smallest absolute Gasteiger partial charge is 0.342 e. The lowest BCUT2D eigenvalue weighted by Crippen LogP contribution is -2.66. The van der Waals surface area contributed by atoms with Crippen molar-refractivity contribution in [1.29, 1.82) is 0 Å². The van der Waals surface area contributed by atoms with Crippen molar-refractivity contribution in [1.82, 2.24) is 0 Å². The Hall–Kier alpha value is -3.89. The molecule has 18 nitrogen and oxygen atoms in total. The Bertz CT molecular complexity index is 2240. The molecule has 4 heterocycles. The van der Waals surface area contributed by atoms with Crippen molar-refractivity contribution in [3.8, 4) is 11.5 Å². The third kappa shape index (κ3) is 13.5. The first-order valence-corrected chi connectivity index (χ1v) is 24.6. The molecule has 1 aromatic carbocycles. The highest BCUT2D eigenvalue weighted by Crippen LogP contribution is 2.46. The number of aliphatic hydroxyl groups excluding tert-OH is 5. The Kier molecular flexibility index (Phi) is 20.3. The largest absolute Gasteiger partial charge is 0.505 e. The van der Waals surface area contributed by atoms with E-state index in [2.05, 4.69) is 0 Å². The molecule has 4 aliphatic rings. The fourth-order valence-corrected chi connectivity index (χ4v) is 9.56. The van der Waals surface area contributed by atoms with E-state index >= 15 is 0 Å². The van der Waals surface area contributed by atoms with Crippen LogP contribution in [0, 0.1) is 11.8 Å². The Morgan fingerprint density at radius 3 is 2.25 bits per heavy atom. The van der Waals surface area contributed by atoms with E-state index in [0.29, 0.717) is 23.1 Å². The van der Waals surface area contributed by atoms with Gasteiger partial charge in [0.05, 0.1) is 53.1 Å². The van der Waals surface area contributed by atoms with Crippen LogP contribution in [0.3, 0.4) is 0 Å². The summed E-state index contributed by atoms with van der Waals surface area (Å²) in [5.41, 5.74) is 0.357. The number of esters is 3. The molecule has 0 aromatic heterocycles. The zero-order valence-corrected chi connectivity index (χ0v) is 43.3. The maximum atomic E-state index is 13.9. The molecule has 15 unspecified atom stereocenters. The molecule has 3 saturated heterocycles. The molecule has 396 valence electrons. The van der Waals surface area contributed by atoms with E-state index in [9.17, 15) is 50.1 Å². The van der Waals surface area contributed by atoms with Crippen LogP contribution >= 0.6 is 23.2 Å². The number of aromatic hydroxyl groups is 2. The van der Waals surface area contributed by atoms with Gasteiger partial charge in [-0.15, -0.1) is 0 Å². The van der Waals surface area contributed by atoms with E-state index in [-0.39, 0.29) is 41.8 Å². The lowest BCUT2D eigenvalue weighted by molar-refractivity contribution is -0.346. The summed E-state index contributed by atoms with van der Waals surface area (Å²) in [5.74, 6) is -4.88. The number of ether oxygens (including phenoxy) is 8. The summed E-state index contributed by atoms with van der Waals surface area (Å²) in [6.07, 6.45) is -5.02. The molecule has 4 aliphatic heterocycles. The Labute approximate surface area is 424 Å². The number of phenols is 2. The molecule has 1 aromatic rings. The normalized spacial score (nSPS) is 37.3. The van der Waals surface area contributed by atoms with Crippen LogP contribution in [0.2, 0.25) is 10.0 Å². The van der Waals surface area contributed by atoms with Gasteiger partial charge in [0, 0.05) is 19.4 Å². The highest BCUT2D eigenvalue weighted by Gasteiger charge is 2.55. The van der Waals surface area contributed by atoms with Gasteiger partial charge in [-0.3, -0.25) is 4.79 Å². The van der Waals surface area contributed by atoms with E-state index < -0.39 is 144 Å². The number of hydrogen-bond acceptors (Lipinski definition) is 18. The van der Waals surface area contributed by atoms with Crippen molar-refractivity contribution < 1.29 is 88.0 Å². The first kappa shape index (κ1) is 58.0. The average molecular weight is 1040 g/mol. The number of carbonyl (C=O) groups is 3. The minimum absolute atomic E-state index is 0.0375. The second-order valence-electron chi connectivity index (χ2n) is 19.2. The number of halogens is 2. The Morgan fingerprint density at radius 1 is 0.930 bits per heavy atom. The average Bonchev–Trinajstić information content (AvgIpc) is 3.31. The number of methoxy groups -OCH3 is 1. The van der Waals surface area contributed by atoms with Crippen LogP contribution in [0.5, 0.6) is 11.5 Å². The van der Waals surface area contributed by atoms with E-state index in [4.69, 9.17) is 61.1 Å². The number of hydrogen-bond donors (Lipinski definition) is 7. The van der Waals surface area contributed by atoms with Crippen LogP contribution in [0.1, 0.15) is 104 Å². The monoisotopic (exact) mass is 1040 g/mol. The van der Waals surface area contributed by atoms with Gasteiger partial charge in [0.25, 0.3) is 0 Å². The molecule has 7 N–H and O–H groups in total. The first-order chi connectivity index (χ1) is 33.3. The van der Waals surface area contributed by atoms with Crippen molar-refractivity contribution in [3.05, 3.63) is 79.9 Å². The summed E-state index contributed by atoms with van der Waals surface area (Å²) in [4.78, 5) is 40.3. The van der Waals surface area contributed by atoms with E-state index in [1.165, 1.54) is 33.1 Å². The lowest BCUT2D eigenvalue weighted by atomic mass is 9.79. The summed E-state index contributed by atoms with van der Waals surface area (Å²) >= 11 is 12.3. The molecule has 3 fully saturated rings. The summed E-state index contributed by atoms with van der Waals surface area (Å²) in [5, 5.41) is 76.5. The van der Waals surface area contributed by atoms with Crippen molar-refractivity contribution >= 4 is 41.1 Å². The van der Waals surface area contributed by atoms with Crippen LogP contribution in [-0.4, -0.2) is 153 Å². The number of carbonyl (C=O) groups excluding carboxylic acids is 3. The van der Waals surface area contributed by atoms with Gasteiger partial charge in [0.15, 0.2) is 36.3 Å². The second kappa shape index (κ2) is 24.9. The third-order valence-corrected chi connectivity index (χ3v) is 14.2. The van der Waals surface area contributed by atoms with E-state index in [0.717, 1.165) is 0 Å². The maximum Gasteiger partial charge on any atom is 0.342 e. The van der Waals surface area contributed by atoms with Crippen molar-refractivity contribution in [2.75, 3.05) is 13.7 Å². The SMILES string of the molecule is CCc1c(Cl)c(O)c(Cl)c(O)c1C(=O)OC1C(C)OC(OC/C2=C\C=C\CC(O)/C(C)=C/C3CCC4(C)OC(OC3/C(C)=C/C(C)=C/CC(C(C)O)OC2=O)C(OC(=O)C(C)C)C(O)C4O)C(OC)C1O. The molecule has 0 saturated carbocycles. The Morgan fingerprint density at radius 2 is 1.62 bits per heavy atom. The molecule has 15 atom stereocenters. The maximum absolute atomic E-state index is 13.9. The van der Waals surface area contributed by atoms with Gasteiger partial charge >= 0.3 is 17.9 Å². The topological polar surface area (TPSA) is 267 Å². The standard InChI is InChI=1S/C51H70Cl2O18/c1-11-31-34(37(56)36(53)38(57)35(31)52)48(63)68-42-28(8)66-49(43(64-10)39(42)58)65-22-30-14-12-13-15-32(55)25(5)21-29-18-19-51(9)45(60)40(59)44(69-46(61)23(2)3)50(71-51)70-41(29)26(6)20-24(4)16-17-33(27(7)54)67-47(30)62/h12-14,16,20-21,23,27-29,32-33,39-45,49-50,54-60H,11,15,17-19,22H2,1-10H3/b13-12+,24-16+,25-21+,26-20+,30-14+. The minimum Gasteiger partial charge on any atom is -0.505 e. The highest BCUT2D eigenvalue weighted by atomic mass is 35.5. The summed E-state index contributed by atoms with van der Waals surface area (Å²) in [6.45, 7) is 14.5. The minimum atomic E-state index is -1.57. The molecule has 0 spiro atoms. The van der Waals surface area contributed by atoms with Crippen LogP contribution < -0.4 is 0 Å². The molecule has 0 aliphatic carbocycles. The van der Waals surface area contributed by atoms with Gasteiger partial charge in [-0.1, -0.05) is 79.9 Å². The summed E-state index contributed by atoms with van der Waals surface area (Å²) in [6, 6.07) is 0. The van der Waals surface area contributed by atoms with E-state index in [1.807, 2.05) is 26.0 Å². The van der Waals surface area contributed by atoms with Crippen LogP contribution in [0.25, 0.3) is 0 Å². The fourth-order valence-electron chi connectivity index (χ4n) is 9.00. The van der Waals surface area contributed by atoms with Crippen molar-refractivity contribution in [2.24, 2.45) is 11.8 Å². The summed E-state index contributed by atoms with van der Waals surface area (Å²) < 4.78 is 47.8. The van der Waals surface area contributed by atoms with Gasteiger partial charge in [-0.25, -0.2) is 9.59 Å². The first-order valence-electron chi connectivity index (χ1n) is 23.8. The molecular weight excluding hydrogens is 971 g/mol. The lowest BCUT2D eigenvalue weighted by Gasteiger charge is -2.51. The molecule has 5 rings (SSSR count). The molecule has 0 radical (unpaired) electrons. The summed E-state index contributed by atoms with van der Waals surface area (Å²) in [7, 11) is 1.26. The molecular formula is C51H70Cl2O18. The molecule has 0 amide bonds. The van der Waals surface area contributed by atoms with E-state index in [1.54, 1.807) is 46.8 Å². The number of fused-ring (bicyclic) bond motifs is 3. The van der Waals surface area contributed by atoms with Crippen LogP contribution in [-0.2, 0) is 53.9 Å².